The molecule has 2 unspecified atom stereocenters. The summed E-state index contributed by atoms with van der Waals surface area (Å²) >= 11 is 0. The van der Waals surface area contributed by atoms with Crippen molar-refractivity contribution in [3.63, 3.8) is 0 Å². The third-order valence-corrected chi connectivity index (χ3v) is 7.54. The first-order valence-corrected chi connectivity index (χ1v) is 9.34. The van der Waals surface area contributed by atoms with Crippen molar-refractivity contribution in [2.45, 2.75) is 0 Å². The van der Waals surface area contributed by atoms with Crippen molar-refractivity contribution in [1.29, 1.82) is 0 Å². The Labute approximate surface area is 132 Å². The normalized spacial score (nSPS) is 29.1. The molecule has 4 bridgehead atoms. The summed E-state index contributed by atoms with van der Waals surface area (Å²) in [5.41, 5.74) is 0.498. The Balaban J connectivity index is 2.00. The van der Waals surface area contributed by atoms with Crippen LogP contribution < -0.4 is 8.61 Å². The van der Waals surface area contributed by atoms with Gasteiger partial charge in [0.05, 0.1) is 30.7 Å². The molecule has 0 aliphatic carbocycles. The Morgan fingerprint density at radius 2 is 1.52 bits per heavy atom. The third kappa shape index (κ3) is 1.77. The molecule has 12 heteroatoms. The highest BCUT2D eigenvalue weighted by Gasteiger charge is 2.53. The number of ether oxygens (including phenoxy) is 1. The van der Waals surface area contributed by atoms with E-state index in [4.69, 9.17) is 0 Å². The summed E-state index contributed by atoms with van der Waals surface area (Å²) in [6.45, 7) is -0.826. The lowest BCUT2D eigenvalue weighted by Gasteiger charge is -2.43. The molecule has 1 aromatic carbocycles. The van der Waals surface area contributed by atoms with E-state index in [9.17, 15) is 21.6 Å². The van der Waals surface area contributed by atoms with Crippen molar-refractivity contribution in [3.8, 4) is 0 Å². The van der Waals surface area contributed by atoms with E-state index in [1.807, 2.05) is 0 Å². The minimum Gasteiger partial charge on any atom is -0.465 e. The minimum atomic E-state index is -3.85. The average Bonchev–Trinajstić information content (AvgIpc) is 2.60. The molecule has 124 valence electrons. The number of hydrogen-bond acceptors (Lipinski definition) is 6. The van der Waals surface area contributed by atoms with Crippen LogP contribution in [0.2, 0.25) is 0 Å². The van der Waals surface area contributed by atoms with Crippen LogP contribution in [0.15, 0.2) is 18.2 Å². The second-order valence-electron chi connectivity index (χ2n) is 5.24. The molecular formula is C11H12N4O6S2. The van der Waals surface area contributed by atoms with Gasteiger partial charge in [-0.15, -0.1) is 8.61 Å². The molecule has 0 aromatic heterocycles. The maximum absolute atomic E-state index is 12.6. The molecule has 23 heavy (non-hydrogen) atoms. The van der Waals surface area contributed by atoms with Gasteiger partial charge >= 0.3 is 26.4 Å². The second-order valence-corrected chi connectivity index (χ2v) is 8.94. The number of carbonyl (C=O) groups excluding carboxylic acids is 1. The molecular weight excluding hydrogens is 348 g/mol. The number of anilines is 2. The fraction of sp³-hybridized carbons (Fsp3) is 0.364. The first kappa shape index (κ1) is 14.7. The first-order valence-electron chi connectivity index (χ1n) is 6.55. The van der Waals surface area contributed by atoms with Crippen molar-refractivity contribution in [1.82, 2.24) is 8.61 Å². The van der Waals surface area contributed by atoms with Crippen molar-refractivity contribution in [2.24, 2.45) is 0 Å². The Morgan fingerprint density at radius 1 is 0.957 bits per heavy atom. The molecule has 0 saturated carbocycles. The highest BCUT2D eigenvalue weighted by molar-refractivity contribution is 7.93. The van der Waals surface area contributed by atoms with E-state index in [-0.39, 0.29) is 36.9 Å². The maximum Gasteiger partial charge on any atom is 0.337 e. The van der Waals surface area contributed by atoms with Gasteiger partial charge in [-0.2, -0.15) is 16.8 Å². The summed E-state index contributed by atoms with van der Waals surface area (Å²) in [6, 6.07) is 4.16. The maximum atomic E-state index is 12.6. The van der Waals surface area contributed by atoms with Gasteiger partial charge in [0.25, 0.3) is 0 Å². The summed E-state index contributed by atoms with van der Waals surface area (Å²) in [7, 11) is -6.44. The Hall–Kier alpha value is -1.89. The van der Waals surface area contributed by atoms with E-state index in [1.165, 1.54) is 25.3 Å². The van der Waals surface area contributed by atoms with E-state index in [0.29, 0.717) is 0 Å². The lowest BCUT2D eigenvalue weighted by Crippen LogP contribution is -2.66. The molecule has 4 aliphatic rings. The van der Waals surface area contributed by atoms with Crippen LogP contribution in [0.1, 0.15) is 10.4 Å². The predicted octanol–water partition coefficient (Wildman–Crippen LogP) is -0.907. The fourth-order valence-corrected chi connectivity index (χ4v) is 6.09. The molecule has 0 N–H and O–H groups in total. The highest BCUT2D eigenvalue weighted by atomic mass is 32.2. The number of hydrogen-bond donors (Lipinski definition) is 0. The van der Waals surface area contributed by atoms with Gasteiger partial charge in [-0.1, -0.05) is 0 Å². The Kier molecular flexibility index (Phi) is 2.77. The van der Waals surface area contributed by atoms with Gasteiger partial charge in [0, 0.05) is 0 Å². The van der Waals surface area contributed by atoms with Crippen LogP contribution >= 0.6 is 0 Å². The molecule has 4 aliphatic heterocycles. The molecule has 1 aromatic rings. The standard InChI is InChI=1S/C11H12N4O6S2/c1-21-11(16)8-2-3-9-10(4-8)15-7-13-5-12(23(15,19)20)6-14(9)22(13,17)18/h2-4H,5-7H2,1H3. The molecule has 2 saturated heterocycles. The van der Waals surface area contributed by atoms with Gasteiger partial charge in [0.2, 0.25) is 0 Å². The van der Waals surface area contributed by atoms with E-state index in [1.54, 1.807) is 0 Å². The molecule has 10 nitrogen and oxygen atoms in total. The van der Waals surface area contributed by atoms with Crippen LogP contribution in [-0.4, -0.2) is 58.5 Å². The van der Waals surface area contributed by atoms with Gasteiger partial charge < -0.3 is 4.74 Å². The zero-order chi connectivity index (χ0) is 16.6. The van der Waals surface area contributed by atoms with Crippen LogP contribution in [-0.2, 0) is 25.2 Å². The molecule has 0 spiro atoms. The zero-order valence-corrected chi connectivity index (χ0v) is 13.5. The largest absolute Gasteiger partial charge is 0.465 e. The van der Waals surface area contributed by atoms with Crippen LogP contribution in [0.3, 0.4) is 0 Å². The van der Waals surface area contributed by atoms with Gasteiger partial charge in [0.15, 0.2) is 0 Å². The number of carbonyl (C=O) groups is 1. The lowest BCUT2D eigenvalue weighted by atomic mass is 10.1. The van der Waals surface area contributed by atoms with Crippen LogP contribution in [0, 0.1) is 0 Å². The monoisotopic (exact) mass is 360 g/mol. The zero-order valence-electron chi connectivity index (χ0n) is 11.9. The Morgan fingerprint density at radius 3 is 2.09 bits per heavy atom. The molecule has 4 heterocycles. The molecule has 0 radical (unpaired) electrons. The van der Waals surface area contributed by atoms with Crippen molar-refractivity contribution in [2.75, 3.05) is 35.7 Å². The molecule has 0 amide bonds. The summed E-state index contributed by atoms with van der Waals surface area (Å²) in [5.74, 6) is -0.631. The van der Waals surface area contributed by atoms with Gasteiger partial charge in [-0.3, -0.25) is 0 Å². The van der Waals surface area contributed by atoms with Crippen molar-refractivity contribution < 1.29 is 26.4 Å². The van der Waals surface area contributed by atoms with E-state index in [0.717, 1.165) is 17.2 Å². The highest BCUT2D eigenvalue weighted by Crippen LogP contribution is 2.44. The average molecular weight is 360 g/mol. The summed E-state index contributed by atoms with van der Waals surface area (Å²) in [4.78, 5) is 11.7. The smallest absolute Gasteiger partial charge is 0.337 e. The SMILES string of the molecule is COC(=O)c1ccc2c(c1)N1CN3CN(CN2S3(=O)=O)S1(=O)=O. The lowest BCUT2D eigenvalue weighted by molar-refractivity contribution is 0.0600. The quantitative estimate of drug-likeness (QED) is 0.600. The third-order valence-electron chi connectivity index (χ3n) is 4.03. The Bertz CT molecular complexity index is 928. The topological polar surface area (TPSA) is 108 Å². The fourth-order valence-electron chi connectivity index (χ4n) is 2.85. The van der Waals surface area contributed by atoms with Crippen molar-refractivity contribution >= 4 is 37.8 Å². The number of esters is 1. The number of nitrogens with zero attached hydrogens (tertiary/aromatic N) is 4. The second kappa shape index (κ2) is 4.35. The molecule has 2 atom stereocenters. The van der Waals surface area contributed by atoms with E-state index < -0.39 is 26.4 Å². The van der Waals surface area contributed by atoms with Gasteiger partial charge in [-0.05, 0) is 18.2 Å². The number of methoxy groups -OCH3 is 1. The summed E-state index contributed by atoms with van der Waals surface area (Å²) in [5, 5.41) is 0. The van der Waals surface area contributed by atoms with E-state index in [2.05, 4.69) is 4.74 Å². The van der Waals surface area contributed by atoms with Crippen LogP contribution in [0.4, 0.5) is 11.4 Å². The predicted molar refractivity (Wildman–Crippen MR) is 78.9 cm³/mol. The summed E-state index contributed by atoms with van der Waals surface area (Å²) < 4.78 is 59.0. The minimum absolute atomic E-state index is 0.140. The summed E-state index contributed by atoms with van der Waals surface area (Å²) in [6.07, 6.45) is 0. The van der Waals surface area contributed by atoms with Crippen LogP contribution in [0.25, 0.3) is 0 Å². The van der Waals surface area contributed by atoms with E-state index >= 15 is 0 Å². The molecule has 5 rings (SSSR count). The van der Waals surface area contributed by atoms with Crippen molar-refractivity contribution in [3.05, 3.63) is 23.8 Å². The van der Waals surface area contributed by atoms with Gasteiger partial charge in [0.1, 0.15) is 13.3 Å². The number of benzene rings is 1. The van der Waals surface area contributed by atoms with Gasteiger partial charge in [-0.25, -0.2) is 13.4 Å². The number of rotatable bonds is 1. The first-order chi connectivity index (χ1) is 10.8. The molecule has 2 fully saturated rings. The van der Waals surface area contributed by atoms with Crippen LogP contribution in [0.5, 0.6) is 0 Å².